The normalized spacial score (nSPS) is 12.1. The summed E-state index contributed by atoms with van der Waals surface area (Å²) in [5, 5.41) is 10.9. The summed E-state index contributed by atoms with van der Waals surface area (Å²) in [5.41, 5.74) is 0. The zero-order valence-corrected chi connectivity index (χ0v) is 9.18. The molecule has 0 saturated heterocycles. The van der Waals surface area contributed by atoms with Gasteiger partial charge in [0, 0.05) is 5.75 Å². The fourth-order valence-electron chi connectivity index (χ4n) is 0.928. The Morgan fingerprint density at radius 3 is 2.79 bits per heavy atom. The molecule has 0 heterocycles. The van der Waals surface area contributed by atoms with Crippen LogP contribution in [0.3, 0.4) is 0 Å². The van der Waals surface area contributed by atoms with Crippen molar-refractivity contribution in [1.82, 2.24) is 5.32 Å². The Bertz CT molecular complexity index is 175. The molecular formula is C9H17NO3S. The number of carboxylic acids is 1. The van der Waals surface area contributed by atoms with Crippen LogP contribution in [-0.4, -0.2) is 35.0 Å². The van der Waals surface area contributed by atoms with Crippen LogP contribution in [0.1, 0.15) is 26.2 Å². The van der Waals surface area contributed by atoms with Crippen LogP contribution in [0.5, 0.6) is 0 Å². The molecule has 82 valence electrons. The second kappa shape index (κ2) is 8.87. The van der Waals surface area contributed by atoms with Crippen LogP contribution in [0, 0.1) is 0 Å². The van der Waals surface area contributed by atoms with Crippen LogP contribution in [0.25, 0.3) is 0 Å². The maximum Gasteiger partial charge on any atom is 0.327 e. The molecule has 0 aromatic rings. The fraction of sp³-hybridized carbons (Fsp3) is 0.778. The molecule has 1 atom stereocenters. The molecule has 4 nitrogen and oxygen atoms in total. The third kappa shape index (κ3) is 6.77. The Hall–Kier alpha value is -0.710. The molecule has 0 bridgehead atoms. The number of hydrogen-bond donors (Lipinski definition) is 2. The molecule has 0 spiro atoms. The van der Waals surface area contributed by atoms with Crippen molar-refractivity contribution in [1.29, 1.82) is 0 Å². The van der Waals surface area contributed by atoms with E-state index in [0.717, 1.165) is 18.6 Å². The molecule has 2 N–H and O–H groups in total. The minimum absolute atomic E-state index is 0.436. The molecule has 0 saturated carbocycles. The molecule has 0 aromatic heterocycles. The average Bonchev–Trinajstić information content (AvgIpc) is 2.15. The van der Waals surface area contributed by atoms with Gasteiger partial charge in [-0.3, -0.25) is 4.79 Å². The van der Waals surface area contributed by atoms with E-state index in [-0.39, 0.29) is 0 Å². The van der Waals surface area contributed by atoms with E-state index in [4.69, 9.17) is 5.11 Å². The summed E-state index contributed by atoms with van der Waals surface area (Å²) in [5.74, 6) is 0.427. The lowest BCUT2D eigenvalue weighted by Gasteiger charge is -2.09. The van der Waals surface area contributed by atoms with Crippen LogP contribution < -0.4 is 5.32 Å². The van der Waals surface area contributed by atoms with Crippen molar-refractivity contribution in [3.8, 4) is 0 Å². The van der Waals surface area contributed by atoms with Crippen LogP contribution in [-0.2, 0) is 9.59 Å². The van der Waals surface area contributed by atoms with E-state index in [2.05, 4.69) is 12.2 Å². The molecule has 1 amide bonds. The fourth-order valence-corrected chi connectivity index (χ4v) is 1.98. The summed E-state index contributed by atoms with van der Waals surface area (Å²) in [6.45, 7) is 2.12. The standard InChI is InChI=1S/C9H17NO3S/c1-2-3-4-5-14-6-8(9(12)13)10-7-11/h7-8H,2-6H2,1H3,(H,10,11)(H,12,13). The predicted molar refractivity (Wildman–Crippen MR) is 57.5 cm³/mol. The van der Waals surface area contributed by atoms with E-state index >= 15 is 0 Å². The number of rotatable bonds is 9. The Labute approximate surface area is 88.4 Å². The SMILES string of the molecule is CCCCCSCC(NC=O)C(=O)O. The molecule has 0 radical (unpaired) electrons. The topological polar surface area (TPSA) is 66.4 Å². The lowest BCUT2D eigenvalue weighted by molar-refractivity contribution is -0.139. The zero-order valence-electron chi connectivity index (χ0n) is 8.36. The smallest absolute Gasteiger partial charge is 0.327 e. The van der Waals surface area contributed by atoms with Gasteiger partial charge < -0.3 is 10.4 Å². The van der Waals surface area contributed by atoms with Crippen LogP contribution in [0.2, 0.25) is 0 Å². The first-order valence-corrected chi connectivity index (χ1v) is 5.88. The maximum absolute atomic E-state index is 10.6. The van der Waals surface area contributed by atoms with Gasteiger partial charge in [-0.05, 0) is 12.2 Å². The molecule has 1 unspecified atom stereocenters. The number of hydrogen-bond acceptors (Lipinski definition) is 3. The number of carbonyl (C=O) groups excluding carboxylic acids is 1. The number of carbonyl (C=O) groups is 2. The van der Waals surface area contributed by atoms with Crippen molar-refractivity contribution < 1.29 is 14.7 Å². The van der Waals surface area contributed by atoms with E-state index in [9.17, 15) is 9.59 Å². The van der Waals surface area contributed by atoms with Crippen molar-refractivity contribution in [2.24, 2.45) is 0 Å². The molecule has 5 heteroatoms. The summed E-state index contributed by atoms with van der Waals surface area (Å²) < 4.78 is 0. The van der Waals surface area contributed by atoms with E-state index in [1.165, 1.54) is 6.42 Å². The van der Waals surface area contributed by atoms with E-state index in [1.54, 1.807) is 11.8 Å². The van der Waals surface area contributed by atoms with Gasteiger partial charge in [0.25, 0.3) is 0 Å². The second-order valence-corrected chi connectivity index (χ2v) is 4.11. The van der Waals surface area contributed by atoms with Gasteiger partial charge in [-0.2, -0.15) is 11.8 Å². The summed E-state index contributed by atoms with van der Waals surface area (Å²) in [7, 11) is 0. The summed E-state index contributed by atoms with van der Waals surface area (Å²) in [6, 6.07) is -0.751. The summed E-state index contributed by atoms with van der Waals surface area (Å²) >= 11 is 1.57. The Kier molecular flexibility index (Phi) is 8.42. The van der Waals surface area contributed by atoms with Crippen molar-refractivity contribution in [3.63, 3.8) is 0 Å². The minimum atomic E-state index is -0.972. The van der Waals surface area contributed by atoms with Crippen molar-refractivity contribution in [2.45, 2.75) is 32.2 Å². The highest BCUT2D eigenvalue weighted by atomic mass is 32.2. The van der Waals surface area contributed by atoms with Crippen LogP contribution in [0.15, 0.2) is 0 Å². The zero-order chi connectivity index (χ0) is 10.8. The first-order chi connectivity index (χ1) is 6.72. The monoisotopic (exact) mass is 219 g/mol. The van der Waals surface area contributed by atoms with Crippen molar-refractivity contribution in [2.75, 3.05) is 11.5 Å². The molecule has 0 aliphatic heterocycles. The Morgan fingerprint density at radius 2 is 2.29 bits per heavy atom. The maximum atomic E-state index is 10.6. The van der Waals surface area contributed by atoms with Crippen LogP contribution >= 0.6 is 11.8 Å². The largest absolute Gasteiger partial charge is 0.480 e. The van der Waals surface area contributed by atoms with E-state index in [0.29, 0.717) is 12.2 Å². The number of aliphatic carboxylic acids is 1. The highest BCUT2D eigenvalue weighted by Crippen LogP contribution is 2.07. The first-order valence-electron chi connectivity index (χ1n) is 4.72. The molecular weight excluding hydrogens is 202 g/mol. The number of unbranched alkanes of at least 4 members (excludes halogenated alkanes) is 2. The summed E-state index contributed by atoms with van der Waals surface area (Å²) in [6.07, 6.45) is 3.88. The molecule has 0 aliphatic rings. The lowest BCUT2D eigenvalue weighted by atomic mass is 10.3. The molecule has 14 heavy (non-hydrogen) atoms. The predicted octanol–water partition coefficient (Wildman–Crippen LogP) is 1.11. The first kappa shape index (κ1) is 13.3. The van der Waals surface area contributed by atoms with Crippen molar-refractivity contribution >= 4 is 24.1 Å². The number of amides is 1. The Morgan fingerprint density at radius 1 is 1.57 bits per heavy atom. The van der Waals surface area contributed by atoms with Gasteiger partial charge >= 0.3 is 5.97 Å². The van der Waals surface area contributed by atoms with E-state index in [1.807, 2.05) is 0 Å². The van der Waals surface area contributed by atoms with Crippen LogP contribution in [0.4, 0.5) is 0 Å². The third-order valence-electron chi connectivity index (χ3n) is 1.74. The molecule has 0 aromatic carbocycles. The van der Waals surface area contributed by atoms with Gasteiger partial charge in [0.05, 0.1) is 0 Å². The summed E-state index contributed by atoms with van der Waals surface area (Å²) in [4.78, 5) is 20.6. The van der Waals surface area contributed by atoms with Gasteiger partial charge in [0.15, 0.2) is 0 Å². The van der Waals surface area contributed by atoms with Gasteiger partial charge in [-0.25, -0.2) is 4.79 Å². The molecule has 0 fully saturated rings. The lowest BCUT2D eigenvalue weighted by Crippen LogP contribution is -2.37. The number of carboxylic acid groups (broad SMARTS) is 1. The van der Waals surface area contributed by atoms with Crippen molar-refractivity contribution in [3.05, 3.63) is 0 Å². The number of thioether (sulfide) groups is 1. The van der Waals surface area contributed by atoms with Gasteiger partial charge in [-0.1, -0.05) is 19.8 Å². The Balaban J connectivity index is 3.50. The van der Waals surface area contributed by atoms with Gasteiger partial charge in [0.1, 0.15) is 6.04 Å². The highest BCUT2D eigenvalue weighted by molar-refractivity contribution is 7.99. The highest BCUT2D eigenvalue weighted by Gasteiger charge is 2.15. The third-order valence-corrected chi connectivity index (χ3v) is 2.89. The number of nitrogens with one attached hydrogen (secondary N) is 1. The molecule has 0 aliphatic carbocycles. The quantitative estimate of drug-likeness (QED) is 0.450. The van der Waals surface area contributed by atoms with Gasteiger partial charge in [-0.15, -0.1) is 0 Å². The molecule has 0 rings (SSSR count). The van der Waals surface area contributed by atoms with E-state index < -0.39 is 12.0 Å². The average molecular weight is 219 g/mol. The second-order valence-electron chi connectivity index (χ2n) is 2.96. The minimum Gasteiger partial charge on any atom is -0.480 e. The van der Waals surface area contributed by atoms with Gasteiger partial charge in [0.2, 0.25) is 6.41 Å².